The van der Waals surface area contributed by atoms with Gasteiger partial charge in [0, 0.05) is 6.54 Å². The van der Waals surface area contributed by atoms with E-state index < -0.39 is 5.97 Å². The van der Waals surface area contributed by atoms with Gasteiger partial charge in [-0.3, -0.25) is 14.5 Å². The molecule has 1 fully saturated rings. The summed E-state index contributed by atoms with van der Waals surface area (Å²) in [6.45, 7) is 3.61. The molecule has 7 nitrogen and oxygen atoms in total. The Labute approximate surface area is 191 Å². The molecule has 2 amide bonds. The normalized spacial score (nSPS) is 14.9. The lowest BCUT2D eigenvalue weighted by atomic mass is 10.1. The summed E-state index contributed by atoms with van der Waals surface area (Å²) in [7, 11) is 1.48. The standard InChI is InChI=1S/C24H25NO6S/c1-16(2)31-22(26)15-30-19-10-9-18(13-20(19)29-3)14-21-23(27)25(24(28)32-21)12-11-17-7-5-4-6-8-17/h4-10,13-14,16H,11-12,15H2,1-3H3/b21-14-. The number of hydrogen-bond donors (Lipinski definition) is 0. The lowest BCUT2D eigenvalue weighted by Crippen LogP contribution is -2.30. The number of thioether (sulfide) groups is 1. The molecule has 1 aliphatic rings. The number of amides is 2. The maximum Gasteiger partial charge on any atom is 0.344 e. The van der Waals surface area contributed by atoms with Gasteiger partial charge in [-0.05, 0) is 61.4 Å². The number of carbonyl (C=O) groups is 3. The first-order valence-corrected chi connectivity index (χ1v) is 11.0. The summed E-state index contributed by atoms with van der Waals surface area (Å²) in [6, 6.07) is 14.8. The largest absolute Gasteiger partial charge is 0.493 e. The SMILES string of the molecule is COc1cc(/C=C2\SC(=O)N(CCc3ccccc3)C2=O)ccc1OCC(=O)OC(C)C. The van der Waals surface area contributed by atoms with Crippen LogP contribution < -0.4 is 9.47 Å². The van der Waals surface area contributed by atoms with Crippen molar-refractivity contribution in [1.82, 2.24) is 4.90 Å². The van der Waals surface area contributed by atoms with Gasteiger partial charge in [0.1, 0.15) is 0 Å². The van der Waals surface area contributed by atoms with E-state index in [0.29, 0.717) is 34.9 Å². The maximum absolute atomic E-state index is 12.7. The molecule has 2 aromatic rings. The van der Waals surface area contributed by atoms with Crippen LogP contribution in [0.4, 0.5) is 4.79 Å². The van der Waals surface area contributed by atoms with Crippen LogP contribution in [0.2, 0.25) is 0 Å². The molecule has 1 aliphatic heterocycles. The summed E-state index contributed by atoms with van der Waals surface area (Å²) in [6.07, 6.45) is 2.02. The van der Waals surface area contributed by atoms with Gasteiger partial charge in [0.05, 0.1) is 18.1 Å². The fourth-order valence-electron chi connectivity index (χ4n) is 3.06. The first-order chi connectivity index (χ1) is 15.4. The fraction of sp³-hybridized carbons (Fsp3) is 0.292. The molecular formula is C24H25NO6S. The van der Waals surface area contributed by atoms with E-state index in [1.807, 2.05) is 30.3 Å². The topological polar surface area (TPSA) is 82.1 Å². The van der Waals surface area contributed by atoms with Gasteiger partial charge < -0.3 is 14.2 Å². The van der Waals surface area contributed by atoms with Crippen LogP contribution >= 0.6 is 11.8 Å². The second-order valence-electron chi connectivity index (χ2n) is 7.31. The summed E-state index contributed by atoms with van der Waals surface area (Å²) in [5, 5.41) is -0.284. The molecule has 0 N–H and O–H groups in total. The average Bonchev–Trinajstić information content (AvgIpc) is 3.03. The first-order valence-electron chi connectivity index (χ1n) is 10.2. The number of methoxy groups -OCH3 is 1. The predicted molar refractivity (Wildman–Crippen MR) is 123 cm³/mol. The molecule has 0 bridgehead atoms. The molecule has 8 heteroatoms. The Kier molecular flexibility index (Phi) is 7.94. The van der Waals surface area contributed by atoms with Crippen LogP contribution in [0.15, 0.2) is 53.4 Å². The van der Waals surface area contributed by atoms with Crippen molar-refractivity contribution in [3.05, 3.63) is 64.6 Å². The van der Waals surface area contributed by atoms with Crippen molar-refractivity contribution in [2.24, 2.45) is 0 Å². The highest BCUT2D eigenvalue weighted by molar-refractivity contribution is 8.18. The monoisotopic (exact) mass is 455 g/mol. The summed E-state index contributed by atoms with van der Waals surface area (Å²) in [4.78, 5) is 38.4. The summed E-state index contributed by atoms with van der Waals surface area (Å²) >= 11 is 0.915. The van der Waals surface area contributed by atoms with Crippen molar-refractivity contribution in [2.45, 2.75) is 26.4 Å². The van der Waals surface area contributed by atoms with Gasteiger partial charge in [-0.2, -0.15) is 0 Å². The van der Waals surface area contributed by atoms with Crippen molar-refractivity contribution < 1.29 is 28.6 Å². The third-order valence-electron chi connectivity index (χ3n) is 4.54. The van der Waals surface area contributed by atoms with Crippen LogP contribution in [-0.2, 0) is 20.7 Å². The Bertz CT molecular complexity index is 1020. The molecule has 0 aliphatic carbocycles. The van der Waals surface area contributed by atoms with Crippen molar-refractivity contribution in [3.63, 3.8) is 0 Å². The lowest BCUT2D eigenvalue weighted by Gasteiger charge is -2.13. The third-order valence-corrected chi connectivity index (χ3v) is 5.45. The molecule has 2 aromatic carbocycles. The van der Waals surface area contributed by atoms with Gasteiger partial charge in [-0.15, -0.1) is 0 Å². The second kappa shape index (κ2) is 10.9. The number of esters is 1. The second-order valence-corrected chi connectivity index (χ2v) is 8.30. The first kappa shape index (κ1) is 23.4. The van der Waals surface area contributed by atoms with Crippen molar-refractivity contribution in [2.75, 3.05) is 20.3 Å². The van der Waals surface area contributed by atoms with Crippen molar-refractivity contribution in [1.29, 1.82) is 0 Å². The van der Waals surface area contributed by atoms with Gasteiger partial charge in [0.15, 0.2) is 18.1 Å². The van der Waals surface area contributed by atoms with Gasteiger partial charge in [-0.25, -0.2) is 4.79 Å². The van der Waals surface area contributed by atoms with Crippen LogP contribution in [0.1, 0.15) is 25.0 Å². The quantitative estimate of drug-likeness (QED) is 0.412. The Morgan fingerprint density at radius 3 is 2.53 bits per heavy atom. The number of ether oxygens (including phenoxy) is 3. The molecule has 1 saturated heterocycles. The van der Waals surface area contributed by atoms with Gasteiger partial charge in [0.25, 0.3) is 11.1 Å². The smallest absolute Gasteiger partial charge is 0.344 e. The molecule has 168 valence electrons. The van der Waals surface area contributed by atoms with Crippen molar-refractivity contribution in [3.8, 4) is 11.5 Å². The van der Waals surface area contributed by atoms with Crippen LogP contribution in [-0.4, -0.2) is 48.4 Å². The number of nitrogens with zero attached hydrogens (tertiary/aromatic N) is 1. The van der Waals surface area contributed by atoms with Crippen LogP contribution in [0, 0.1) is 0 Å². The molecule has 0 aromatic heterocycles. The Balaban J connectivity index is 1.67. The molecule has 0 saturated carbocycles. The lowest BCUT2D eigenvalue weighted by molar-refractivity contribution is -0.149. The minimum atomic E-state index is -0.477. The highest BCUT2D eigenvalue weighted by Gasteiger charge is 2.34. The predicted octanol–water partition coefficient (Wildman–Crippen LogP) is 4.30. The van der Waals surface area contributed by atoms with Gasteiger partial charge in [0.2, 0.25) is 0 Å². The molecule has 0 atom stereocenters. The van der Waals surface area contributed by atoms with E-state index >= 15 is 0 Å². The van der Waals surface area contributed by atoms with E-state index in [-0.39, 0.29) is 23.9 Å². The number of imide groups is 1. The third kappa shape index (κ3) is 6.13. The van der Waals surface area contributed by atoms with Crippen molar-refractivity contribution >= 4 is 35.0 Å². The van der Waals surface area contributed by atoms with E-state index in [0.717, 1.165) is 17.3 Å². The molecular weight excluding hydrogens is 430 g/mol. The highest BCUT2D eigenvalue weighted by atomic mass is 32.2. The van der Waals surface area contributed by atoms with E-state index in [9.17, 15) is 14.4 Å². The number of benzene rings is 2. The Morgan fingerprint density at radius 2 is 1.84 bits per heavy atom. The molecule has 0 radical (unpaired) electrons. The molecule has 3 rings (SSSR count). The van der Waals surface area contributed by atoms with E-state index in [1.54, 1.807) is 38.1 Å². The Morgan fingerprint density at radius 1 is 1.09 bits per heavy atom. The van der Waals surface area contributed by atoms with Crippen LogP contribution in [0.5, 0.6) is 11.5 Å². The molecule has 32 heavy (non-hydrogen) atoms. The maximum atomic E-state index is 12.7. The van der Waals surface area contributed by atoms with Gasteiger partial charge >= 0.3 is 5.97 Å². The number of hydrogen-bond acceptors (Lipinski definition) is 7. The summed E-state index contributed by atoms with van der Waals surface area (Å²) < 4.78 is 15.9. The number of rotatable bonds is 9. The zero-order valence-electron chi connectivity index (χ0n) is 18.2. The minimum absolute atomic E-state index is 0.224. The summed E-state index contributed by atoms with van der Waals surface area (Å²) in [5.74, 6) is -0.0114. The number of carbonyl (C=O) groups excluding carboxylic acids is 3. The van der Waals surface area contributed by atoms with E-state index in [2.05, 4.69) is 0 Å². The van der Waals surface area contributed by atoms with E-state index in [4.69, 9.17) is 14.2 Å². The fourth-order valence-corrected chi connectivity index (χ4v) is 3.92. The zero-order chi connectivity index (χ0) is 23.1. The molecule has 0 unspecified atom stereocenters. The van der Waals surface area contributed by atoms with Crippen LogP contribution in [0.25, 0.3) is 6.08 Å². The van der Waals surface area contributed by atoms with Gasteiger partial charge in [-0.1, -0.05) is 36.4 Å². The average molecular weight is 456 g/mol. The highest BCUT2D eigenvalue weighted by Crippen LogP contribution is 2.34. The Hall–Kier alpha value is -3.26. The molecule has 0 spiro atoms. The summed E-state index contributed by atoms with van der Waals surface area (Å²) in [5.41, 5.74) is 1.74. The zero-order valence-corrected chi connectivity index (χ0v) is 19.0. The molecule has 1 heterocycles. The van der Waals surface area contributed by atoms with Crippen LogP contribution in [0.3, 0.4) is 0 Å². The van der Waals surface area contributed by atoms with E-state index in [1.165, 1.54) is 12.0 Å². The minimum Gasteiger partial charge on any atom is -0.493 e.